The Morgan fingerprint density at radius 3 is 2.50 bits per heavy atom. The van der Waals surface area contributed by atoms with E-state index >= 15 is 0 Å². The quantitative estimate of drug-likeness (QED) is 0.869. The van der Waals surface area contributed by atoms with Crippen LogP contribution in [0.25, 0.3) is 0 Å². The number of hydrogen-bond donors (Lipinski definition) is 1. The fourth-order valence-electron chi connectivity index (χ4n) is 3.43. The van der Waals surface area contributed by atoms with Crippen molar-refractivity contribution < 1.29 is 18.3 Å². The number of aromatic nitrogens is 2. The van der Waals surface area contributed by atoms with Crippen LogP contribution in [0.1, 0.15) is 42.6 Å². The van der Waals surface area contributed by atoms with E-state index in [1.54, 1.807) is 0 Å². The van der Waals surface area contributed by atoms with Gasteiger partial charge in [-0.3, -0.25) is 0 Å². The second kappa shape index (κ2) is 5.49. The lowest BCUT2D eigenvalue weighted by Crippen LogP contribution is -2.57. The van der Waals surface area contributed by atoms with Gasteiger partial charge in [0.25, 0.3) is 0 Å². The zero-order valence-corrected chi connectivity index (χ0v) is 13.0. The summed E-state index contributed by atoms with van der Waals surface area (Å²) >= 11 is 0. The zero-order chi connectivity index (χ0) is 15.8. The summed E-state index contributed by atoms with van der Waals surface area (Å²) in [6.45, 7) is 0.807. The minimum absolute atomic E-state index is 0.110. The molecule has 120 valence electrons. The Hall–Kier alpha value is -1.70. The number of hydrogen-bond acceptors (Lipinski definition) is 6. The third kappa shape index (κ3) is 2.55. The van der Waals surface area contributed by atoms with Crippen molar-refractivity contribution in [3.8, 4) is 0 Å². The number of aromatic carboxylic acids is 1. The molecule has 1 aromatic rings. The summed E-state index contributed by atoms with van der Waals surface area (Å²) in [6.07, 6.45) is 7.00. The number of carboxylic acid groups (broad SMARTS) is 1. The molecule has 0 aromatic carbocycles. The molecule has 0 bridgehead atoms. The third-order valence-corrected chi connectivity index (χ3v) is 7.29. The highest BCUT2D eigenvalue weighted by Gasteiger charge is 2.48. The van der Waals surface area contributed by atoms with E-state index in [1.807, 2.05) is 4.90 Å². The highest BCUT2D eigenvalue weighted by molar-refractivity contribution is 7.92. The van der Waals surface area contributed by atoms with Gasteiger partial charge in [0.05, 0.1) is 22.9 Å². The van der Waals surface area contributed by atoms with Gasteiger partial charge in [-0.2, -0.15) is 0 Å². The first-order valence-corrected chi connectivity index (χ1v) is 9.11. The number of nitrogens with zero attached hydrogens (tertiary/aromatic N) is 3. The second-order valence-electron chi connectivity index (χ2n) is 6.05. The Morgan fingerprint density at radius 1 is 1.18 bits per heavy atom. The van der Waals surface area contributed by atoms with Gasteiger partial charge in [0.1, 0.15) is 5.82 Å². The Bertz CT molecular complexity index is 666. The highest BCUT2D eigenvalue weighted by atomic mass is 32.2. The number of carboxylic acids is 1. The number of anilines is 1. The van der Waals surface area contributed by atoms with Crippen LogP contribution >= 0.6 is 0 Å². The smallest absolute Gasteiger partial charge is 0.356 e. The van der Waals surface area contributed by atoms with Crippen LogP contribution in [-0.4, -0.2) is 53.1 Å². The molecule has 8 heteroatoms. The molecule has 0 amide bonds. The molecular formula is C14H19N3O4S. The third-order valence-electron chi connectivity index (χ3n) is 4.71. The molecule has 3 rings (SSSR count). The van der Waals surface area contributed by atoms with Crippen molar-refractivity contribution in [1.29, 1.82) is 0 Å². The fourth-order valence-corrected chi connectivity index (χ4v) is 5.58. The first-order chi connectivity index (χ1) is 10.4. The predicted octanol–water partition coefficient (Wildman–Crippen LogP) is 1.11. The van der Waals surface area contributed by atoms with E-state index in [9.17, 15) is 13.2 Å². The molecule has 1 aromatic heterocycles. The molecule has 2 heterocycles. The van der Waals surface area contributed by atoms with E-state index in [0.29, 0.717) is 31.7 Å². The van der Waals surface area contributed by atoms with Gasteiger partial charge in [0, 0.05) is 13.1 Å². The lowest BCUT2D eigenvalue weighted by Gasteiger charge is -2.44. The van der Waals surface area contributed by atoms with Crippen LogP contribution in [0.5, 0.6) is 0 Å². The Labute approximate surface area is 129 Å². The topological polar surface area (TPSA) is 100 Å². The van der Waals surface area contributed by atoms with Crippen molar-refractivity contribution in [3.63, 3.8) is 0 Å². The number of sulfone groups is 1. The summed E-state index contributed by atoms with van der Waals surface area (Å²) in [7, 11) is -3.09. The molecule has 7 nitrogen and oxygen atoms in total. The fraction of sp³-hybridized carbons (Fsp3) is 0.643. The lowest BCUT2D eigenvalue weighted by molar-refractivity contribution is 0.0690. The summed E-state index contributed by atoms with van der Waals surface area (Å²) in [5, 5.41) is 8.86. The van der Waals surface area contributed by atoms with Crippen LogP contribution in [-0.2, 0) is 9.84 Å². The van der Waals surface area contributed by atoms with Gasteiger partial charge in [0.2, 0.25) is 0 Å². The molecule has 0 unspecified atom stereocenters. The van der Waals surface area contributed by atoms with E-state index in [0.717, 1.165) is 19.3 Å². The van der Waals surface area contributed by atoms with Gasteiger partial charge in [0.15, 0.2) is 15.5 Å². The molecule has 2 fully saturated rings. The highest BCUT2D eigenvalue weighted by Crippen LogP contribution is 2.39. The summed E-state index contributed by atoms with van der Waals surface area (Å²) in [4.78, 5) is 20.7. The van der Waals surface area contributed by atoms with E-state index < -0.39 is 20.6 Å². The molecule has 1 aliphatic heterocycles. The predicted molar refractivity (Wildman–Crippen MR) is 80.8 cm³/mol. The maximum absolute atomic E-state index is 12.5. The van der Waals surface area contributed by atoms with Crippen molar-refractivity contribution in [2.45, 2.75) is 36.9 Å². The SMILES string of the molecule is O=C(O)c1cnc(N2CCS(=O)(=O)C3(CCCCC3)C2)cn1. The minimum atomic E-state index is -3.09. The largest absolute Gasteiger partial charge is 0.476 e. The average molecular weight is 325 g/mol. The Balaban J connectivity index is 1.85. The van der Waals surface area contributed by atoms with Crippen LogP contribution in [0.15, 0.2) is 12.4 Å². The van der Waals surface area contributed by atoms with Crippen LogP contribution in [0.3, 0.4) is 0 Å². The van der Waals surface area contributed by atoms with Crippen molar-refractivity contribution in [2.24, 2.45) is 0 Å². The van der Waals surface area contributed by atoms with Crippen LogP contribution in [0, 0.1) is 0 Å². The van der Waals surface area contributed by atoms with Gasteiger partial charge in [-0.1, -0.05) is 19.3 Å². The summed E-state index contributed by atoms with van der Waals surface area (Å²) in [5.41, 5.74) is -0.110. The average Bonchev–Trinajstić information content (AvgIpc) is 2.51. The van der Waals surface area contributed by atoms with Crippen LogP contribution in [0.4, 0.5) is 5.82 Å². The van der Waals surface area contributed by atoms with E-state index in [4.69, 9.17) is 5.11 Å². The minimum Gasteiger partial charge on any atom is -0.476 e. The van der Waals surface area contributed by atoms with Crippen molar-refractivity contribution in [3.05, 3.63) is 18.1 Å². The van der Waals surface area contributed by atoms with Crippen LogP contribution < -0.4 is 4.90 Å². The van der Waals surface area contributed by atoms with Crippen LogP contribution in [0.2, 0.25) is 0 Å². The molecule has 0 radical (unpaired) electrons. The Kier molecular flexibility index (Phi) is 3.80. The van der Waals surface area contributed by atoms with Crippen molar-refractivity contribution in [1.82, 2.24) is 9.97 Å². The Morgan fingerprint density at radius 2 is 1.91 bits per heavy atom. The normalized spacial score (nSPS) is 23.4. The zero-order valence-electron chi connectivity index (χ0n) is 12.2. The second-order valence-corrected chi connectivity index (χ2v) is 8.55. The van der Waals surface area contributed by atoms with Crippen molar-refractivity contribution in [2.75, 3.05) is 23.7 Å². The summed E-state index contributed by atoms with van der Waals surface area (Å²) in [5.74, 6) is -0.455. The van der Waals surface area contributed by atoms with E-state index in [-0.39, 0.29) is 11.4 Å². The first-order valence-electron chi connectivity index (χ1n) is 7.46. The molecular weight excluding hydrogens is 306 g/mol. The molecule has 0 atom stereocenters. The first kappa shape index (κ1) is 15.2. The lowest BCUT2D eigenvalue weighted by atomic mass is 9.87. The van der Waals surface area contributed by atoms with E-state index in [1.165, 1.54) is 12.4 Å². The maximum Gasteiger partial charge on any atom is 0.356 e. The van der Waals surface area contributed by atoms with Gasteiger partial charge in [-0.25, -0.2) is 23.2 Å². The monoisotopic (exact) mass is 325 g/mol. The standard InChI is InChI=1S/C14H19N3O4S/c18-13(19)11-8-16-12(9-15-11)17-6-7-22(20,21)14(10-17)4-2-1-3-5-14/h8-9H,1-7,10H2,(H,18,19). The molecule has 22 heavy (non-hydrogen) atoms. The van der Waals surface area contributed by atoms with Gasteiger partial charge in [-0.05, 0) is 12.8 Å². The van der Waals surface area contributed by atoms with E-state index in [2.05, 4.69) is 9.97 Å². The summed E-state index contributed by atoms with van der Waals surface area (Å²) < 4.78 is 24.4. The summed E-state index contributed by atoms with van der Waals surface area (Å²) in [6, 6.07) is 0. The van der Waals surface area contributed by atoms with Gasteiger partial charge < -0.3 is 10.0 Å². The molecule has 1 saturated carbocycles. The number of rotatable bonds is 2. The van der Waals surface area contributed by atoms with Crippen molar-refractivity contribution >= 4 is 21.6 Å². The molecule has 1 aliphatic carbocycles. The molecule has 1 N–H and O–H groups in total. The molecule has 1 spiro atoms. The van der Waals surface area contributed by atoms with Gasteiger partial charge >= 0.3 is 5.97 Å². The maximum atomic E-state index is 12.5. The number of carbonyl (C=O) groups is 1. The van der Waals surface area contributed by atoms with Gasteiger partial charge in [-0.15, -0.1) is 0 Å². The molecule has 1 saturated heterocycles. The molecule has 2 aliphatic rings.